The molecule has 0 bridgehead atoms. The van der Waals surface area contributed by atoms with Crippen LogP contribution in [0.25, 0.3) is 16.8 Å². The number of hydrogen-bond acceptors (Lipinski definition) is 4. The van der Waals surface area contributed by atoms with Gasteiger partial charge in [-0.05, 0) is 30.7 Å². The van der Waals surface area contributed by atoms with Crippen LogP contribution in [0.3, 0.4) is 0 Å². The summed E-state index contributed by atoms with van der Waals surface area (Å²) in [6.45, 7) is 2.07. The molecule has 1 aliphatic carbocycles. The molecule has 156 valence electrons. The Kier molecular flexibility index (Phi) is 4.88. The zero-order valence-corrected chi connectivity index (χ0v) is 16.4. The van der Waals surface area contributed by atoms with Gasteiger partial charge in [0, 0.05) is 30.2 Å². The highest BCUT2D eigenvalue weighted by atomic mass is 32.2. The summed E-state index contributed by atoms with van der Waals surface area (Å²) < 4.78 is 65.9. The minimum absolute atomic E-state index is 0.121. The van der Waals surface area contributed by atoms with E-state index in [2.05, 4.69) is 26.3 Å². The van der Waals surface area contributed by atoms with Crippen molar-refractivity contribution in [2.24, 2.45) is 16.2 Å². The van der Waals surface area contributed by atoms with Gasteiger partial charge in [0.1, 0.15) is 0 Å². The lowest BCUT2D eigenvalue weighted by atomic mass is 9.95. The molecule has 11 heteroatoms. The number of nitrogens with one attached hydrogen (secondary N) is 1. The monoisotopic (exact) mass is 427 g/mol. The Labute approximate surface area is 165 Å². The highest BCUT2D eigenvalue weighted by molar-refractivity contribution is 7.90. The van der Waals surface area contributed by atoms with E-state index in [0.29, 0.717) is 12.8 Å². The van der Waals surface area contributed by atoms with Crippen molar-refractivity contribution < 1.29 is 21.6 Å². The number of nitrogens with zero attached hydrogens (tertiary/aromatic N) is 4. The molecule has 0 amide bonds. The number of alkyl halides is 3. The van der Waals surface area contributed by atoms with Gasteiger partial charge in [0.2, 0.25) is 0 Å². The number of fused-ring (bicyclic) bond motifs is 3. The van der Waals surface area contributed by atoms with Crippen molar-refractivity contribution in [1.82, 2.24) is 19.4 Å². The van der Waals surface area contributed by atoms with Crippen LogP contribution in [0.5, 0.6) is 0 Å². The number of hydrogen-bond donors (Lipinski definition) is 1. The number of aromatic amines is 1. The molecule has 0 aliphatic heterocycles. The second-order valence-electron chi connectivity index (χ2n) is 7.57. The van der Waals surface area contributed by atoms with Crippen molar-refractivity contribution in [2.45, 2.75) is 38.3 Å². The average Bonchev–Trinajstić information content (AvgIpc) is 3.34. The van der Waals surface area contributed by atoms with E-state index in [1.54, 1.807) is 12.4 Å². The summed E-state index contributed by atoms with van der Waals surface area (Å²) in [5.41, 5.74) is 3.40. The maximum absolute atomic E-state index is 12.3. The average molecular weight is 427 g/mol. The van der Waals surface area contributed by atoms with Gasteiger partial charge in [-0.1, -0.05) is 6.92 Å². The van der Waals surface area contributed by atoms with Gasteiger partial charge in [0.15, 0.2) is 11.3 Å². The molecule has 1 saturated carbocycles. The van der Waals surface area contributed by atoms with Crippen LogP contribution in [-0.4, -0.2) is 45.9 Å². The van der Waals surface area contributed by atoms with Crippen LogP contribution in [0.1, 0.15) is 37.8 Å². The van der Waals surface area contributed by atoms with Crippen molar-refractivity contribution in [2.75, 3.05) is 5.75 Å². The molecule has 3 atom stereocenters. The lowest BCUT2D eigenvalue weighted by Crippen LogP contribution is -2.15. The van der Waals surface area contributed by atoms with Gasteiger partial charge >= 0.3 is 6.18 Å². The second-order valence-corrected chi connectivity index (χ2v) is 9.35. The normalized spacial score (nSPS) is 23.7. The first-order valence-electron chi connectivity index (χ1n) is 9.27. The molecule has 29 heavy (non-hydrogen) atoms. The maximum atomic E-state index is 12.3. The standard InChI is InChI=1S/C18H20F3N5O2S/c1-11-6-12(8-25-29(27,28)5-3-18(19,20)21)7-13(11)15-9-23-16-10-24-17-14(26(15)16)2-4-22-17/h2,4,8-13,22H,3,5-7H2,1H3/b25-8+/t11-,12?,13+/m1/s1. The van der Waals surface area contributed by atoms with Gasteiger partial charge in [-0.3, -0.25) is 4.40 Å². The molecule has 0 aromatic carbocycles. The van der Waals surface area contributed by atoms with E-state index < -0.39 is 28.4 Å². The van der Waals surface area contributed by atoms with Crippen LogP contribution in [0, 0.1) is 11.8 Å². The maximum Gasteiger partial charge on any atom is 0.390 e. The Morgan fingerprint density at radius 1 is 1.31 bits per heavy atom. The zero-order valence-electron chi connectivity index (χ0n) is 15.6. The molecule has 0 saturated heterocycles. The van der Waals surface area contributed by atoms with E-state index in [4.69, 9.17) is 0 Å². The first kappa shape index (κ1) is 19.9. The molecular formula is C18H20F3N5O2S. The van der Waals surface area contributed by atoms with E-state index in [1.165, 1.54) is 6.21 Å². The summed E-state index contributed by atoms with van der Waals surface area (Å²) >= 11 is 0. The van der Waals surface area contributed by atoms with Crippen molar-refractivity contribution in [3.8, 4) is 0 Å². The molecule has 1 N–H and O–H groups in total. The minimum atomic E-state index is -4.52. The van der Waals surface area contributed by atoms with Crippen LogP contribution in [0.15, 0.2) is 29.1 Å². The van der Waals surface area contributed by atoms with E-state index in [0.717, 1.165) is 22.5 Å². The number of sulfonamides is 1. The lowest BCUT2D eigenvalue weighted by Gasteiger charge is -2.15. The number of imidazole rings is 1. The summed E-state index contributed by atoms with van der Waals surface area (Å²) in [5.74, 6) is -0.777. The first-order chi connectivity index (χ1) is 13.6. The molecule has 3 aromatic heterocycles. The van der Waals surface area contributed by atoms with Crippen LogP contribution in [0.4, 0.5) is 13.2 Å². The minimum Gasteiger partial charge on any atom is -0.345 e. The predicted molar refractivity (Wildman–Crippen MR) is 102 cm³/mol. The third kappa shape index (κ3) is 4.14. The van der Waals surface area contributed by atoms with E-state index >= 15 is 0 Å². The molecule has 0 spiro atoms. The Morgan fingerprint density at radius 3 is 2.86 bits per heavy atom. The molecule has 7 nitrogen and oxygen atoms in total. The summed E-state index contributed by atoms with van der Waals surface area (Å²) in [5, 5.41) is 0. The summed E-state index contributed by atoms with van der Waals surface area (Å²) in [4.78, 5) is 11.8. The number of H-pyrrole nitrogens is 1. The smallest absolute Gasteiger partial charge is 0.345 e. The van der Waals surface area contributed by atoms with Crippen molar-refractivity contribution >= 4 is 33.0 Å². The molecule has 1 unspecified atom stereocenters. The molecule has 1 fully saturated rings. The van der Waals surface area contributed by atoms with Gasteiger partial charge in [0.05, 0.1) is 23.9 Å². The van der Waals surface area contributed by atoms with Crippen LogP contribution in [-0.2, 0) is 10.0 Å². The number of aromatic nitrogens is 4. The highest BCUT2D eigenvalue weighted by Gasteiger charge is 2.34. The molecule has 4 rings (SSSR count). The topological polar surface area (TPSA) is 92.5 Å². The fourth-order valence-electron chi connectivity index (χ4n) is 4.06. The van der Waals surface area contributed by atoms with Crippen molar-refractivity contribution in [3.05, 3.63) is 30.4 Å². The van der Waals surface area contributed by atoms with Crippen LogP contribution in [0.2, 0.25) is 0 Å². The summed E-state index contributed by atoms with van der Waals surface area (Å²) in [6.07, 6.45) is 2.06. The van der Waals surface area contributed by atoms with Crippen LogP contribution < -0.4 is 0 Å². The lowest BCUT2D eigenvalue weighted by molar-refractivity contribution is -0.129. The quantitative estimate of drug-likeness (QED) is 0.629. The third-order valence-electron chi connectivity index (χ3n) is 5.44. The van der Waals surface area contributed by atoms with E-state index in [-0.39, 0.29) is 17.8 Å². The molecule has 1 aliphatic rings. The van der Waals surface area contributed by atoms with E-state index in [9.17, 15) is 21.6 Å². The predicted octanol–water partition coefficient (Wildman–Crippen LogP) is 3.69. The van der Waals surface area contributed by atoms with Gasteiger partial charge in [0.25, 0.3) is 10.0 Å². The van der Waals surface area contributed by atoms with Crippen LogP contribution >= 0.6 is 0 Å². The number of rotatable bonds is 5. The Bertz CT molecular complexity index is 1170. The van der Waals surface area contributed by atoms with E-state index in [1.807, 2.05) is 16.7 Å². The molecular weight excluding hydrogens is 407 g/mol. The number of halogens is 3. The fraction of sp³-hybridized carbons (Fsp3) is 0.500. The largest absolute Gasteiger partial charge is 0.390 e. The Balaban J connectivity index is 1.54. The second kappa shape index (κ2) is 7.12. The summed E-state index contributed by atoms with van der Waals surface area (Å²) in [6, 6.07) is 1.92. The summed E-state index contributed by atoms with van der Waals surface area (Å²) in [7, 11) is -4.13. The SMILES string of the molecule is C[C@@H]1CC(/C=N/S(=O)(=O)CCC(F)(F)F)C[C@@H]1c1cnc2cnc3[nH]ccc3n12. The van der Waals surface area contributed by atoms with Gasteiger partial charge in [-0.25, -0.2) is 18.4 Å². The molecule has 3 heterocycles. The van der Waals surface area contributed by atoms with Crippen molar-refractivity contribution in [3.63, 3.8) is 0 Å². The Hall–Kier alpha value is -2.43. The zero-order chi connectivity index (χ0) is 20.8. The first-order valence-corrected chi connectivity index (χ1v) is 10.9. The fourth-order valence-corrected chi connectivity index (χ4v) is 5.01. The highest BCUT2D eigenvalue weighted by Crippen LogP contribution is 2.42. The third-order valence-corrected chi connectivity index (χ3v) is 6.61. The Morgan fingerprint density at radius 2 is 2.10 bits per heavy atom. The van der Waals surface area contributed by atoms with Gasteiger partial charge < -0.3 is 4.98 Å². The van der Waals surface area contributed by atoms with Crippen molar-refractivity contribution in [1.29, 1.82) is 0 Å². The van der Waals surface area contributed by atoms with Gasteiger partial charge in [-0.15, -0.1) is 0 Å². The van der Waals surface area contributed by atoms with Gasteiger partial charge in [-0.2, -0.15) is 17.6 Å². The molecule has 3 aromatic rings. The molecule has 0 radical (unpaired) electrons.